The molecule has 38 heavy (non-hydrogen) atoms. The fourth-order valence-corrected chi connectivity index (χ4v) is 5.13. The predicted octanol–water partition coefficient (Wildman–Crippen LogP) is 7.60. The van der Waals surface area contributed by atoms with Crippen molar-refractivity contribution in [2.24, 2.45) is 0 Å². The summed E-state index contributed by atoms with van der Waals surface area (Å²) in [5.41, 5.74) is 8.21. The van der Waals surface area contributed by atoms with Crippen molar-refractivity contribution in [2.45, 2.75) is 0 Å². The second-order valence-corrected chi connectivity index (χ2v) is 9.22. The standard InChI is InChI=1S/C32H19N5O/c1-2-8-25-22(7-1)31(36-32(35-25)27-10-5-6-16-33-27)20-12-14-29-23(17-20)24-18-21(13-15-30(24)38-29)37-19-34-26-9-3-4-11-28(26)37/h1-19H. The molecule has 0 aliphatic carbocycles. The minimum Gasteiger partial charge on any atom is -0.456 e. The maximum Gasteiger partial charge on any atom is 0.179 e. The lowest BCUT2D eigenvalue weighted by Crippen LogP contribution is -1.96. The molecule has 0 fully saturated rings. The third kappa shape index (κ3) is 3.21. The SMILES string of the molecule is c1ccc(-c2nc(-c3ccc4oc5ccc(-n6cnc7ccccc76)cc5c4c3)c3ccccc3n2)nc1. The highest BCUT2D eigenvalue weighted by Gasteiger charge is 2.15. The Morgan fingerprint density at radius 3 is 2.29 bits per heavy atom. The van der Waals surface area contributed by atoms with Crippen LogP contribution in [-0.2, 0) is 0 Å². The van der Waals surface area contributed by atoms with Crippen LogP contribution in [0, 0.1) is 0 Å². The molecule has 6 heteroatoms. The van der Waals surface area contributed by atoms with E-state index >= 15 is 0 Å². The number of hydrogen-bond donors (Lipinski definition) is 0. The Morgan fingerprint density at radius 1 is 0.605 bits per heavy atom. The normalized spacial score (nSPS) is 11.7. The van der Waals surface area contributed by atoms with Crippen molar-refractivity contribution in [3.63, 3.8) is 0 Å². The van der Waals surface area contributed by atoms with Gasteiger partial charge in [0.15, 0.2) is 5.82 Å². The van der Waals surface area contributed by atoms with E-state index in [1.165, 1.54) is 0 Å². The third-order valence-corrected chi connectivity index (χ3v) is 6.96. The number of para-hydroxylation sites is 3. The summed E-state index contributed by atoms with van der Waals surface area (Å²) < 4.78 is 8.32. The van der Waals surface area contributed by atoms with Crippen molar-refractivity contribution < 1.29 is 4.42 Å². The van der Waals surface area contributed by atoms with E-state index in [4.69, 9.17) is 14.4 Å². The molecule has 0 spiro atoms. The molecular formula is C32H19N5O. The monoisotopic (exact) mass is 489 g/mol. The molecule has 0 N–H and O–H groups in total. The van der Waals surface area contributed by atoms with Gasteiger partial charge in [0.1, 0.15) is 23.2 Å². The summed E-state index contributed by atoms with van der Waals surface area (Å²) in [4.78, 5) is 18.8. The van der Waals surface area contributed by atoms with E-state index < -0.39 is 0 Å². The van der Waals surface area contributed by atoms with Crippen molar-refractivity contribution in [3.05, 3.63) is 116 Å². The summed E-state index contributed by atoms with van der Waals surface area (Å²) in [5.74, 6) is 0.603. The molecule has 4 aromatic heterocycles. The number of fused-ring (bicyclic) bond motifs is 5. The fourth-order valence-electron chi connectivity index (χ4n) is 5.13. The summed E-state index contributed by atoms with van der Waals surface area (Å²) >= 11 is 0. The molecule has 0 saturated carbocycles. The number of imidazole rings is 1. The summed E-state index contributed by atoms with van der Waals surface area (Å²) in [6.07, 6.45) is 3.63. The van der Waals surface area contributed by atoms with E-state index in [9.17, 15) is 0 Å². The molecule has 6 nitrogen and oxygen atoms in total. The Morgan fingerprint density at radius 2 is 1.39 bits per heavy atom. The number of hydrogen-bond acceptors (Lipinski definition) is 5. The minimum atomic E-state index is 0.603. The largest absolute Gasteiger partial charge is 0.456 e. The summed E-state index contributed by atoms with van der Waals surface area (Å²) in [6, 6.07) is 34.5. The Hall–Kier alpha value is -5.36. The van der Waals surface area contributed by atoms with Crippen molar-refractivity contribution in [2.75, 3.05) is 0 Å². The number of aromatic nitrogens is 5. The zero-order chi connectivity index (χ0) is 25.1. The maximum atomic E-state index is 6.22. The molecule has 0 aliphatic heterocycles. The van der Waals surface area contributed by atoms with E-state index in [1.54, 1.807) is 6.20 Å². The molecule has 8 rings (SSSR count). The van der Waals surface area contributed by atoms with Gasteiger partial charge in [-0.05, 0) is 66.7 Å². The average Bonchev–Trinajstić information content (AvgIpc) is 3.58. The first kappa shape index (κ1) is 20.8. The smallest absolute Gasteiger partial charge is 0.179 e. The number of nitrogens with zero attached hydrogens (tertiary/aromatic N) is 5. The minimum absolute atomic E-state index is 0.603. The predicted molar refractivity (Wildman–Crippen MR) is 150 cm³/mol. The summed E-state index contributed by atoms with van der Waals surface area (Å²) in [6.45, 7) is 0. The zero-order valence-electron chi connectivity index (χ0n) is 20.1. The van der Waals surface area contributed by atoms with E-state index in [0.29, 0.717) is 5.82 Å². The number of rotatable bonds is 3. The lowest BCUT2D eigenvalue weighted by Gasteiger charge is -2.09. The first-order valence-electron chi connectivity index (χ1n) is 12.4. The molecule has 0 aliphatic rings. The van der Waals surface area contributed by atoms with Gasteiger partial charge >= 0.3 is 0 Å². The van der Waals surface area contributed by atoms with Gasteiger partial charge in [-0.25, -0.2) is 15.0 Å². The van der Waals surface area contributed by atoms with Gasteiger partial charge in [0.2, 0.25) is 0 Å². The lowest BCUT2D eigenvalue weighted by atomic mass is 10.0. The van der Waals surface area contributed by atoms with Crippen LogP contribution in [-0.4, -0.2) is 24.5 Å². The average molecular weight is 490 g/mol. The molecule has 0 atom stereocenters. The van der Waals surface area contributed by atoms with Crippen molar-refractivity contribution in [1.29, 1.82) is 0 Å². The first-order chi connectivity index (χ1) is 18.8. The highest BCUT2D eigenvalue weighted by atomic mass is 16.3. The number of pyridine rings is 1. The van der Waals surface area contributed by atoms with Gasteiger partial charge in [0.05, 0.1) is 22.2 Å². The van der Waals surface area contributed by atoms with Crippen molar-refractivity contribution in [3.8, 4) is 28.5 Å². The maximum absolute atomic E-state index is 6.22. The highest BCUT2D eigenvalue weighted by molar-refractivity contribution is 6.08. The first-order valence-corrected chi connectivity index (χ1v) is 12.4. The Labute approximate surface area is 216 Å². The van der Waals surface area contributed by atoms with Crippen LogP contribution >= 0.6 is 0 Å². The van der Waals surface area contributed by atoms with Gasteiger partial charge in [-0.1, -0.05) is 36.4 Å². The fraction of sp³-hybridized carbons (Fsp3) is 0. The molecular weight excluding hydrogens is 470 g/mol. The summed E-state index contributed by atoms with van der Waals surface area (Å²) in [5, 5.41) is 3.07. The van der Waals surface area contributed by atoms with Gasteiger partial charge in [-0.15, -0.1) is 0 Å². The molecule has 178 valence electrons. The van der Waals surface area contributed by atoms with Crippen LogP contribution in [0.2, 0.25) is 0 Å². The molecule has 0 amide bonds. The molecule has 8 aromatic rings. The quantitative estimate of drug-likeness (QED) is 0.256. The Balaban J connectivity index is 1.34. The van der Waals surface area contributed by atoms with E-state index in [2.05, 4.69) is 50.9 Å². The van der Waals surface area contributed by atoms with Gasteiger partial charge in [-0.2, -0.15) is 0 Å². The van der Waals surface area contributed by atoms with Gasteiger partial charge in [0, 0.05) is 33.6 Å². The van der Waals surface area contributed by atoms with Gasteiger partial charge < -0.3 is 4.42 Å². The van der Waals surface area contributed by atoms with E-state index in [1.807, 2.05) is 73.1 Å². The molecule has 0 radical (unpaired) electrons. The second kappa shape index (κ2) is 8.08. The topological polar surface area (TPSA) is 69.6 Å². The third-order valence-electron chi connectivity index (χ3n) is 6.96. The molecule has 4 aromatic carbocycles. The molecule has 0 saturated heterocycles. The van der Waals surface area contributed by atoms with Gasteiger partial charge in [-0.3, -0.25) is 9.55 Å². The molecule has 0 unspecified atom stereocenters. The van der Waals surface area contributed by atoms with Crippen LogP contribution < -0.4 is 0 Å². The lowest BCUT2D eigenvalue weighted by molar-refractivity contribution is 0.669. The van der Waals surface area contributed by atoms with Crippen LogP contribution in [0.1, 0.15) is 0 Å². The van der Waals surface area contributed by atoms with Crippen molar-refractivity contribution in [1.82, 2.24) is 24.5 Å². The number of furan rings is 1. The summed E-state index contributed by atoms with van der Waals surface area (Å²) in [7, 11) is 0. The van der Waals surface area contributed by atoms with E-state index in [0.717, 1.165) is 66.5 Å². The van der Waals surface area contributed by atoms with Crippen LogP contribution in [0.5, 0.6) is 0 Å². The van der Waals surface area contributed by atoms with Crippen LogP contribution in [0.4, 0.5) is 0 Å². The Bertz CT molecular complexity index is 2140. The Kier molecular flexibility index (Phi) is 4.42. The molecule has 0 bridgehead atoms. The second-order valence-electron chi connectivity index (χ2n) is 9.22. The highest BCUT2D eigenvalue weighted by Crippen LogP contribution is 2.36. The van der Waals surface area contributed by atoms with E-state index in [-0.39, 0.29) is 0 Å². The molecule has 4 heterocycles. The van der Waals surface area contributed by atoms with Gasteiger partial charge in [0.25, 0.3) is 0 Å². The van der Waals surface area contributed by atoms with Crippen LogP contribution in [0.25, 0.3) is 72.3 Å². The van der Waals surface area contributed by atoms with Crippen LogP contribution in [0.3, 0.4) is 0 Å². The zero-order valence-corrected chi connectivity index (χ0v) is 20.1. The number of benzene rings is 4. The van der Waals surface area contributed by atoms with Crippen molar-refractivity contribution >= 4 is 43.9 Å². The van der Waals surface area contributed by atoms with Crippen LogP contribution in [0.15, 0.2) is 120 Å².